The molecule has 41 heavy (non-hydrogen) atoms. The minimum Gasteiger partial charge on any atom is -0.374 e. The van der Waals surface area contributed by atoms with Crippen LogP contribution in [0.2, 0.25) is 0 Å². The fourth-order valence-corrected chi connectivity index (χ4v) is 5.20. The highest BCUT2D eigenvalue weighted by molar-refractivity contribution is 7.86. The number of carbonyl (C=O) groups is 1. The average molecular weight is 575 g/mol. The van der Waals surface area contributed by atoms with Gasteiger partial charge in [-0.05, 0) is 35.7 Å². The van der Waals surface area contributed by atoms with E-state index in [2.05, 4.69) is 0 Å². The molecule has 0 saturated heterocycles. The molecule has 0 aromatic heterocycles. The van der Waals surface area contributed by atoms with E-state index in [1.807, 2.05) is 97.9 Å². The van der Waals surface area contributed by atoms with Gasteiger partial charge in [0.1, 0.15) is 18.3 Å². The highest BCUT2D eigenvalue weighted by atomic mass is 32.2. The van der Waals surface area contributed by atoms with E-state index in [0.29, 0.717) is 6.29 Å². The molecule has 8 heteroatoms. The molecule has 4 aromatic rings. The van der Waals surface area contributed by atoms with Crippen LogP contribution in [0.25, 0.3) is 0 Å². The Morgan fingerprint density at radius 2 is 1.15 bits per heavy atom. The second-order valence-corrected chi connectivity index (χ2v) is 11.1. The lowest BCUT2D eigenvalue weighted by Gasteiger charge is -2.30. The Hall–Kier alpha value is -3.66. The summed E-state index contributed by atoms with van der Waals surface area (Å²) < 4.78 is 50.7. The SMILES string of the molecule is Cc1ccc(S(=O)(=O)OC(COCc2ccccc2)C(OCc2ccccc2)C(C=O)OCc2ccccc2)cc1. The molecule has 0 aliphatic rings. The molecular formula is C33H34O7S. The lowest BCUT2D eigenvalue weighted by atomic mass is 10.1. The zero-order chi connectivity index (χ0) is 28.9. The van der Waals surface area contributed by atoms with E-state index >= 15 is 0 Å². The number of aryl methyl sites for hydroxylation is 1. The molecule has 0 bridgehead atoms. The third-order valence-corrected chi connectivity index (χ3v) is 7.70. The van der Waals surface area contributed by atoms with Gasteiger partial charge in [-0.3, -0.25) is 4.18 Å². The minimum atomic E-state index is -4.24. The van der Waals surface area contributed by atoms with Gasteiger partial charge in [0.15, 0.2) is 6.29 Å². The molecule has 0 radical (unpaired) electrons. The van der Waals surface area contributed by atoms with Crippen LogP contribution in [0.3, 0.4) is 0 Å². The number of ether oxygens (including phenoxy) is 3. The van der Waals surface area contributed by atoms with Crippen molar-refractivity contribution >= 4 is 16.4 Å². The van der Waals surface area contributed by atoms with Crippen molar-refractivity contribution < 1.29 is 31.6 Å². The molecule has 7 nitrogen and oxygen atoms in total. The highest BCUT2D eigenvalue weighted by Gasteiger charge is 2.36. The third kappa shape index (κ3) is 9.45. The molecule has 0 spiro atoms. The summed E-state index contributed by atoms with van der Waals surface area (Å²) >= 11 is 0. The quantitative estimate of drug-likeness (QED) is 0.126. The van der Waals surface area contributed by atoms with Gasteiger partial charge < -0.3 is 19.0 Å². The lowest BCUT2D eigenvalue weighted by molar-refractivity contribution is -0.151. The molecule has 0 amide bonds. The van der Waals surface area contributed by atoms with Crippen LogP contribution in [0.1, 0.15) is 22.3 Å². The maximum absolute atomic E-state index is 13.4. The number of hydrogen-bond donors (Lipinski definition) is 0. The highest BCUT2D eigenvalue weighted by Crippen LogP contribution is 2.22. The Bertz CT molecular complexity index is 1430. The second kappa shape index (κ2) is 15.4. The van der Waals surface area contributed by atoms with Crippen molar-refractivity contribution in [1.82, 2.24) is 0 Å². The van der Waals surface area contributed by atoms with Crippen LogP contribution in [0, 0.1) is 6.92 Å². The summed E-state index contributed by atoms with van der Waals surface area (Å²) in [5.74, 6) is 0. The molecule has 0 N–H and O–H groups in total. The molecule has 0 fully saturated rings. The van der Waals surface area contributed by atoms with Crippen LogP contribution in [-0.4, -0.2) is 39.6 Å². The zero-order valence-electron chi connectivity index (χ0n) is 22.9. The summed E-state index contributed by atoms with van der Waals surface area (Å²) in [6.07, 6.45) is -2.82. The van der Waals surface area contributed by atoms with Crippen molar-refractivity contribution in [3.63, 3.8) is 0 Å². The first-order valence-electron chi connectivity index (χ1n) is 13.3. The number of benzene rings is 4. The average Bonchev–Trinajstić information content (AvgIpc) is 3.00. The maximum atomic E-state index is 13.4. The van der Waals surface area contributed by atoms with Crippen LogP contribution in [0.15, 0.2) is 120 Å². The molecule has 0 aliphatic carbocycles. The lowest BCUT2D eigenvalue weighted by Crippen LogP contribution is -2.46. The smallest absolute Gasteiger partial charge is 0.297 e. The Balaban J connectivity index is 1.61. The number of carbonyl (C=O) groups excluding carboxylic acids is 1. The fourth-order valence-electron chi connectivity index (χ4n) is 4.13. The maximum Gasteiger partial charge on any atom is 0.297 e. The van der Waals surface area contributed by atoms with Crippen molar-refractivity contribution in [2.24, 2.45) is 0 Å². The Morgan fingerprint density at radius 3 is 1.66 bits per heavy atom. The molecule has 0 heterocycles. The van der Waals surface area contributed by atoms with Gasteiger partial charge in [0.25, 0.3) is 10.1 Å². The van der Waals surface area contributed by atoms with Gasteiger partial charge in [0.05, 0.1) is 31.3 Å². The van der Waals surface area contributed by atoms with Gasteiger partial charge in [-0.25, -0.2) is 0 Å². The topological polar surface area (TPSA) is 88.1 Å². The third-order valence-electron chi connectivity index (χ3n) is 6.35. The Kier molecular flexibility index (Phi) is 11.4. The van der Waals surface area contributed by atoms with E-state index in [1.165, 1.54) is 12.1 Å². The van der Waals surface area contributed by atoms with Gasteiger partial charge in [0, 0.05) is 0 Å². The Morgan fingerprint density at radius 1 is 0.659 bits per heavy atom. The number of rotatable bonds is 16. The van der Waals surface area contributed by atoms with Crippen molar-refractivity contribution in [2.75, 3.05) is 6.61 Å². The normalized spacial score (nSPS) is 13.8. The van der Waals surface area contributed by atoms with E-state index < -0.39 is 28.4 Å². The van der Waals surface area contributed by atoms with Crippen molar-refractivity contribution in [3.05, 3.63) is 138 Å². The van der Waals surface area contributed by atoms with E-state index in [1.54, 1.807) is 12.1 Å². The van der Waals surface area contributed by atoms with E-state index in [0.717, 1.165) is 22.3 Å². The molecular weight excluding hydrogens is 540 g/mol. The van der Waals surface area contributed by atoms with Gasteiger partial charge in [-0.15, -0.1) is 0 Å². The summed E-state index contributed by atoms with van der Waals surface area (Å²) in [7, 11) is -4.24. The first-order chi connectivity index (χ1) is 19.9. The first kappa shape index (κ1) is 30.3. The van der Waals surface area contributed by atoms with E-state index in [-0.39, 0.29) is 31.3 Å². The van der Waals surface area contributed by atoms with Gasteiger partial charge in [-0.1, -0.05) is 109 Å². The van der Waals surface area contributed by atoms with Gasteiger partial charge >= 0.3 is 0 Å². The van der Waals surface area contributed by atoms with Crippen LogP contribution in [-0.2, 0) is 53.1 Å². The zero-order valence-corrected chi connectivity index (χ0v) is 23.7. The van der Waals surface area contributed by atoms with Crippen LogP contribution < -0.4 is 0 Å². The van der Waals surface area contributed by atoms with Crippen molar-refractivity contribution in [1.29, 1.82) is 0 Å². The molecule has 0 aliphatic heterocycles. The minimum absolute atomic E-state index is 0.00849. The molecule has 4 rings (SSSR count). The number of hydrogen-bond acceptors (Lipinski definition) is 7. The molecule has 0 saturated carbocycles. The predicted octanol–water partition coefficient (Wildman–Crippen LogP) is 5.66. The predicted molar refractivity (Wildman–Crippen MR) is 155 cm³/mol. The number of aldehydes is 1. The molecule has 3 atom stereocenters. The molecule has 3 unspecified atom stereocenters. The summed E-state index contributed by atoms with van der Waals surface area (Å²) in [6.45, 7) is 2.14. The fraction of sp³-hybridized carbons (Fsp3) is 0.242. The Labute approximate surface area is 241 Å². The standard InChI is InChI=1S/C33H34O7S/c1-26-17-19-30(20-18-26)41(35,36)40-32(25-37-22-27-11-5-2-6-12-27)33(39-24-29-15-9-4-10-16-29)31(21-34)38-23-28-13-7-3-8-14-28/h2-21,31-33H,22-25H2,1H3. The van der Waals surface area contributed by atoms with Crippen molar-refractivity contribution in [2.45, 2.75) is 50.0 Å². The first-order valence-corrected chi connectivity index (χ1v) is 14.7. The molecule has 4 aromatic carbocycles. The van der Waals surface area contributed by atoms with Crippen LogP contribution in [0.4, 0.5) is 0 Å². The molecule has 214 valence electrons. The summed E-state index contributed by atoms with van der Waals surface area (Å²) in [5.41, 5.74) is 3.51. The van der Waals surface area contributed by atoms with Crippen LogP contribution in [0.5, 0.6) is 0 Å². The summed E-state index contributed by atoms with van der Waals surface area (Å²) in [5, 5.41) is 0. The van der Waals surface area contributed by atoms with E-state index in [4.69, 9.17) is 18.4 Å². The monoisotopic (exact) mass is 574 g/mol. The summed E-state index contributed by atoms with van der Waals surface area (Å²) in [4.78, 5) is 12.4. The van der Waals surface area contributed by atoms with Gasteiger partial charge in [0.2, 0.25) is 0 Å². The summed E-state index contributed by atoms with van der Waals surface area (Å²) in [6, 6.07) is 34.6. The van der Waals surface area contributed by atoms with Crippen molar-refractivity contribution in [3.8, 4) is 0 Å². The van der Waals surface area contributed by atoms with Gasteiger partial charge in [-0.2, -0.15) is 8.42 Å². The van der Waals surface area contributed by atoms with Crippen LogP contribution >= 0.6 is 0 Å². The second-order valence-electron chi connectivity index (χ2n) is 9.56. The largest absolute Gasteiger partial charge is 0.374 e. The van der Waals surface area contributed by atoms with E-state index in [9.17, 15) is 13.2 Å².